The summed E-state index contributed by atoms with van der Waals surface area (Å²) in [6.07, 6.45) is 4.64. The molecule has 1 aromatic rings. The van der Waals surface area contributed by atoms with Gasteiger partial charge in [-0.15, -0.1) is 0 Å². The van der Waals surface area contributed by atoms with Crippen LogP contribution in [0.25, 0.3) is 0 Å². The highest BCUT2D eigenvalue weighted by Crippen LogP contribution is 2.14. The van der Waals surface area contributed by atoms with E-state index in [9.17, 15) is 4.79 Å². The molecule has 18 heavy (non-hydrogen) atoms. The van der Waals surface area contributed by atoms with Gasteiger partial charge in [0.1, 0.15) is 0 Å². The molecule has 5 nitrogen and oxygen atoms in total. The highest BCUT2D eigenvalue weighted by molar-refractivity contribution is 5.66. The van der Waals surface area contributed by atoms with Gasteiger partial charge in [0.15, 0.2) is 0 Å². The van der Waals surface area contributed by atoms with Crippen LogP contribution in [0.3, 0.4) is 0 Å². The van der Waals surface area contributed by atoms with Crippen LogP contribution in [0.1, 0.15) is 12.8 Å². The lowest BCUT2D eigenvalue weighted by molar-refractivity contribution is -0.137. The second-order valence-electron chi connectivity index (χ2n) is 4.53. The lowest BCUT2D eigenvalue weighted by atomic mass is 10.2. The van der Waals surface area contributed by atoms with Gasteiger partial charge < -0.3 is 10.0 Å². The minimum atomic E-state index is -0.703. The molecule has 5 heteroatoms. The first-order valence-corrected chi connectivity index (χ1v) is 6.35. The Hall–Kier alpha value is -1.62. The molecule has 1 aliphatic heterocycles. The van der Waals surface area contributed by atoms with Gasteiger partial charge >= 0.3 is 5.97 Å². The number of piperazine rings is 1. The summed E-state index contributed by atoms with van der Waals surface area (Å²) < 4.78 is 0. The Labute approximate surface area is 107 Å². The van der Waals surface area contributed by atoms with Gasteiger partial charge in [-0.2, -0.15) is 0 Å². The molecule has 2 rings (SSSR count). The summed E-state index contributed by atoms with van der Waals surface area (Å²) in [5.41, 5.74) is 1.22. The van der Waals surface area contributed by atoms with E-state index < -0.39 is 5.97 Å². The van der Waals surface area contributed by atoms with E-state index in [1.807, 2.05) is 24.5 Å². The Morgan fingerprint density at radius 2 is 1.89 bits per heavy atom. The third-order valence-corrected chi connectivity index (χ3v) is 3.27. The molecule has 1 N–H and O–H groups in total. The number of carboxylic acids is 1. The van der Waals surface area contributed by atoms with E-state index in [0.29, 0.717) is 0 Å². The average Bonchev–Trinajstić information content (AvgIpc) is 2.40. The van der Waals surface area contributed by atoms with Crippen molar-refractivity contribution >= 4 is 11.7 Å². The van der Waals surface area contributed by atoms with Gasteiger partial charge in [0.2, 0.25) is 0 Å². The van der Waals surface area contributed by atoms with Crippen LogP contribution in [-0.2, 0) is 4.79 Å². The van der Waals surface area contributed by atoms with Crippen molar-refractivity contribution in [2.75, 3.05) is 37.6 Å². The Morgan fingerprint density at radius 1 is 1.22 bits per heavy atom. The van der Waals surface area contributed by atoms with Crippen molar-refractivity contribution in [1.29, 1.82) is 0 Å². The van der Waals surface area contributed by atoms with Gasteiger partial charge in [-0.25, -0.2) is 0 Å². The molecule has 0 amide bonds. The Kier molecular flexibility index (Phi) is 4.52. The molecular formula is C13H19N3O2. The fraction of sp³-hybridized carbons (Fsp3) is 0.538. The summed E-state index contributed by atoms with van der Waals surface area (Å²) in [7, 11) is 0. The fourth-order valence-corrected chi connectivity index (χ4v) is 2.24. The number of carboxylic acid groups (broad SMARTS) is 1. The molecule has 1 saturated heterocycles. The molecule has 1 aromatic heterocycles. The van der Waals surface area contributed by atoms with Crippen molar-refractivity contribution in [2.45, 2.75) is 12.8 Å². The molecule has 1 aliphatic rings. The molecule has 0 saturated carbocycles. The van der Waals surface area contributed by atoms with Crippen molar-refractivity contribution < 1.29 is 9.90 Å². The molecule has 0 aromatic carbocycles. The maximum atomic E-state index is 10.4. The molecule has 0 unspecified atom stereocenters. The number of rotatable bonds is 5. The van der Waals surface area contributed by atoms with Crippen LogP contribution < -0.4 is 4.90 Å². The lowest BCUT2D eigenvalue weighted by Crippen LogP contribution is -2.46. The third-order valence-electron chi connectivity index (χ3n) is 3.27. The van der Waals surface area contributed by atoms with Crippen LogP contribution >= 0.6 is 0 Å². The number of anilines is 1. The molecule has 1 fully saturated rings. The van der Waals surface area contributed by atoms with Crippen LogP contribution in [0, 0.1) is 0 Å². The number of aliphatic carboxylic acids is 1. The highest BCUT2D eigenvalue weighted by Gasteiger charge is 2.16. The van der Waals surface area contributed by atoms with Gasteiger partial charge in [0, 0.05) is 50.7 Å². The normalized spacial score (nSPS) is 16.8. The van der Waals surface area contributed by atoms with Crippen LogP contribution in [0.2, 0.25) is 0 Å². The number of nitrogens with zero attached hydrogens (tertiary/aromatic N) is 3. The maximum Gasteiger partial charge on any atom is 0.303 e. The van der Waals surface area contributed by atoms with Gasteiger partial charge in [-0.3, -0.25) is 14.7 Å². The summed E-state index contributed by atoms with van der Waals surface area (Å²) in [5.74, 6) is -0.703. The monoisotopic (exact) mass is 249 g/mol. The summed E-state index contributed by atoms with van der Waals surface area (Å²) >= 11 is 0. The first-order chi connectivity index (χ1) is 8.75. The molecule has 98 valence electrons. The maximum absolute atomic E-state index is 10.4. The second kappa shape index (κ2) is 6.35. The zero-order valence-electron chi connectivity index (χ0n) is 10.5. The van der Waals surface area contributed by atoms with E-state index in [4.69, 9.17) is 5.11 Å². The lowest BCUT2D eigenvalue weighted by Gasteiger charge is -2.36. The summed E-state index contributed by atoms with van der Waals surface area (Å²) in [6.45, 7) is 4.88. The predicted molar refractivity (Wildman–Crippen MR) is 69.8 cm³/mol. The number of pyridine rings is 1. The van der Waals surface area contributed by atoms with Gasteiger partial charge in [-0.1, -0.05) is 0 Å². The topological polar surface area (TPSA) is 56.7 Å². The fourth-order valence-electron chi connectivity index (χ4n) is 2.24. The average molecular weight is 249 g/mol. The first-order valence-electron chi connectivity index (χ1n) is 6.35. The highest BCUT2D eigenvalue weighted by atomic mass is 16.4. The van der Waals surface area contributed by atoms with E-state index in [2.05, 4.69) is 14.8 Å². The largest absolute Gasteiger partial charge is 0.481 e. The number of carbonyl (C=O) groups is 1. The molecule has 0 aliphatic carbocycles. The molecule has 2 heterocycles. The van der Waals surface area contributed by atoms with E-state index in [1.54, 1.807) is 0 Å². The Morgan fingerprint density at radius 3 is 2.50 bits per heavy atom. The summed E-state index contributed by atoms with van der Waals surface area (Å²) in [4.78, 5) is 19.1. The number of hydrogen-bond donors (Lipinski definition) is 1. The summed E-state index contributed by atoms with van der Waals surface area (Å²) in [6, 6.07) is 4.06. The van der Waals surface area contributed by atoms with Crippen molar-refractivity contribution in [3.05, 3.63) is 24.5 Å². The smallest absolute Gasteiger partial charge is 0.303 e. The SMILES string of the molecule is O=C(O)CCCN1CCN(c2ccncc2)CC1. The standard InChI is InChI=1S/C13H19N3O2/c17-13(18)2-1-7-15-8-10-16(11-9-15)12-3-5-14-6-4-12/h3-6H,1-2,7-11H2,(H,17,18). The van der Waals surface area contributed by atoms with E-state index in [1.165, 1.54) is 5.69 Å². The minimum Gasteiger partial charge on any atom is -0.481 e. The number of aromatic nitrogens is 1. The van der Waals surface area contributed by atoms with Crippen LogP contribution in [0.5, 0.6) is 0 Å². The zero-order valence-corrected chi connectivity index (χ0v) is 10.5. The van der Waals surface area contributed by atoms with Crippen molar-refractivity contribution in [3.8, 4) is 0 Å². The van der Waals surface area contributed by atoms with Crippen molar-refractivity contribution in [3.63, 3.8) is 0 Å². The minimum absolute atomic E-state index is 0.268. The van der Waals surface area contributed by atoms with Crippen LogP contribution in [0.4, 0.5) is 5.69 Å². The van der Waals surface area contributed by atoms with Gasteiger partial charge in [-0.05, 0) is 25.1 Å². The Balaban J connectivity index is 1.73. The quantitative estimate of drug-likeness (QED) is 0.846. The van der Waals surface area contributed by atoms with Gasteiger partial charge in [0.25, 0.3) is 0 Å². The molecule has 0 radical (unpaired) electrons. The molecular weight excluding hydrogens is 230 g/mol. The van der Waals surface area contributed by atoms with Crippen molar-refractivity contribution in [2.24, 2.45) is 0 Å². The first kappa shape index (κ1) is 12.8. The van der Waals surface area contributed by atoms with E-state index in [-0.39, 0.29) is 6.42 Å². The number of hydrogen-bond acceptors (Lipinski definition) is 4. The van der Waals surface area contributed by atoms with E-state index in [0.717, 1.165) is 39.1 Å². The zero-order chi connectivity index (χ0) is 12.8. The third kappa shape index (κ3) is 3.70. The summed E-state index contributed by atoms with van der Waals surface area (Å²) in [5, 5.41) is 8.60. The van der Waals surface area contributed by atoms with Crippen LogP contribution in [0.15, 0.2) is 24.5 Å². The molecule has 0 spiro atoms. The predicted octanol–water partition coefficient (Wildman–Crippen LogP) is 1.07. The molecule has 0 bridgehead atoms. The van der Waals surface area contributed by atoms with Crippen LogP contribution in [-0.4, -0.2) is 53.7 Å². The Bertz CT molecular complexity index is 375. The van der Waals surface area contributed by atoms with E-state index >= 15 is 0 Å². The van der Waals surface area contributed by atoms with Crippen molar-refractivity contribution in [1.82, 2.24) is 9.88 Å². The second-order valence-corrected chi connectivity index (χ2v) is 4.53. The van der Waals surface area contributed by atoms with Gasteiger partial charge in [0.05, 0.1) is 0 Å². The molecule has 0 atom stereocenters.